The zero-order valence-electron chi connectivity index (χ0n) is 19.7. The SMILES string of the molecule is CC(O)(CCc1cccnc1)[C@H]1CC[C@H]2[C@@H]3CC=C4C[C@@H](O)CC[C@]4(C)[C@H]3CC[C@]12C. The van der Waals surface area contributed by atoms with Crippen molar-refractivity contribution in [2.75, 3.05) is 0 Å². The molecule has 31 heavy (non-hydrogen) atoms. The first-order valence-electron chi connectivity index (χ1n) is 12.7. The second-order valence-corrected chi connectivity index (χ2v) is 12.0. The molecule has 0 saturated heterocycles. The van der Waals surface area contributed by atoms with Crippen molar-refractivity contribution in [3.8, 4) is 0 Å². The normalized spacial score (nSPS) is 43.9. The summed E-state index contributed by atoms with van der Waals surface area (Å²) in [5.41, 5.74) is 2.69. The number of aliphatic hydroxyl groups excluding tert-OH is 1. The van der Waals surface area contributed by atoms with Crippen LogP contribution in [0.3, 0.4) is 0 Å². The molecule has 3 saturated carbocycles. The van der Waals surface area contributed by atoms with E-state index in [0.717, 1.165) is 56.3 Å². The van der Waals surface area contributed by atoms with Crippen molar-refractivity contribution < 1.29 is 10.2 Å². The molecule has 3 nitrogen and oxygen atoms in total. The predicted molar refractivity (Wildman–Crippen MR) is 124 cm³/mol. The Morgan fingerprint density at radius 1 is 1.13 bits per heavy atom. The Kier molecular flexibility index (Phi) is 5.37. The first-order valence-corrected chi connectivity index (χ1v) is 12.7. The lowest BCUT2D eigenvalue weighted by Crippen LogP contribution is -2.53. The van der Waals surface area contributed by atoms with Gasteiger partial charge in [0.1, 0.15) is 0 Å². The van der Waals surface area contributed by atoms with Gasteiger partial charge in [-0.3, -0.25) is 4.98 Å². The van der Waals surface area contributed by atoms with Gasteiger partial charge in [-0.2, -0.15) is 0 Å². The first-order chi connectivity index (χ1) is 14.7. The summed E-state index contributed by atoms with van der Waals surface area (Å²) in [5.74, 6) is 2.62. The van der Waals surface area contributed by atoms with Crippen LogP contribution in [0.15, 0.2) is 36.2 Å². The van der Waals surface area contributed by atoms with Crippen LogP contribution < -0.4 is 0 Å². The van der Waals surface area contributed by atoms with E-state index in [-0.39, 0.29) is 11.5 Å². The molecular weight excluding hydrogens is 382 g/mol. The fraction of sp³-hybridized carbons (Fsp3) is 0.750. The summed E-state index contributed by atoms with van der Waals surface area (Å²) >= 11 is 0. The number of pyridine rings is 1. The summed E-state index contributed by atoms with van der Waals surface area (Å²) in [6.45, 7) is 7.12. The van der Waals surface area contributed by atoms with Gasteiger partial charge in [0.15, 0.2) is 0 Å². The van der Waals surface area contributed by atoms with Crippen LogP contribution >= 0.6 is 0 Å². The van der Waals surface area contributed by atoms with Gasteiger partial charge >= 0.3 is 0 Å². The second kappa shape index (κ2) is 7.70. The molecule has 170 valence electrons. The molecule has 5 rings (SSSR count). The Hall–Kier alpha value is -1.19. The van der Waals surface area contributed by atoms with Crippen LogP contribution in [-0.2, 0) is 6.42 Å². The fourth-order valence-electron chi connectivity index (χ4n) is 8.78. The number of aryl methyl sites for hydroxylation is 1. The van der Waals surface area contributed by atoms with Crippen molar-refractivity contribution in [2.24, 2.45) is 34.5 Å². The monoisotopic (exact) mass is 423 g/mol. The molecule has 4 aliphatic rings. The van der Waals surface area contributed by atoms with Crippen LogP contribution in [0.4, 0.5) is 0 Å². The molecular formula is C28H41NO2. The Labute approximate surface area is 188 Å². The third-order valence-corrected chi connectivity index (χ3v) is 10.5. The minimum Gasteiger partial charge on any atom is -0.393 e. The highest BCUT2D eigenvalue weighted by Crippen LogP contribution is 2.67. The van der Waals surface area contributed by atoms with E-state index in [4.69, 9.17) is 0 Å². The van der Waals surface area contributed by atoms with Gasteiger partial charge < -0.3 is 10.2 Å². The van der Waals surface area contributed by atoms with Gasteiger partial charge in [-0.25, -0.2) is 0 Å². The van der Waals surface area contributed by atoms with Gasteiger partial charge in [-0.15, -0.1) is 0 Å². The Morgan fingerprint density at radius 2 is 1.97 bits per heavy atom. The van der Waals surface area contributed by atoms with Crippen LogP contribution in [0, 0.1) is 34.5 Å². The summed E-state index contributed by atoms with van der Waals surface area (Å²) in [7, 11) is 0. The Morgan fingerprint density at radius 3 is 2.74 bits per heavy atom. The molecule has 1 aromatic heterocycles. The molecule has 0 radical (unpaired) electrons. The van der Waals surface area contributed by atoms with Gasteiger partial charge in [-0.05, 0) is 117 Å². The molecule has 0 bridgehead atoms. The standard InChI is InChI=1S/C28H41NO2/c1-26-13-11-21(30)17-20(26)6-7-22-23-8-9-25(27(23,2)14-12-24(22)26)28(3,31)15-10-19-5-4-16-29-18-19/h4-6,16,18,21-25,30-31H,7-15,17H2,1-3H3/t21-,22-,23-,24-,25-,26-,27-,28?/m0/s1. The van der Waals surface area contributed by atoms with Crippen molar-refractivity contribution in [3.63, 3.8) is 0 Å². The molecule has 2 N–H and O–H groups in total. The number of fused-ring (bicyclic) bond motifs is 5. The lowest BCUT2D eigenvalue weighted by Gasteiger charge is -2.59. The zero-order valence-corrected chi connectivity index (χ0v) is 19.7. The summed E-state index contributed by atoms with van der Waals surface area (Å²) in [6.07, 6.45) is 17.0. The second-order valence-electron chi connectivity index (χ2n) is 12.0. The maximum absolute atomic E-state index is 11.7. The van der Waals surface area contributed by atoms with E-state index in [9.17, 15) is 10.2 Å². The van der Waals surface area contributed by atoms with Crippen molar-refractivity contribution >= 4 is 0 Å². The van der Waals surface area contributed by atoms with Gasteiger partial charge in [0.25, 0.3) is 0 Å². The molecule has 1 unspecified atom stereocenters. The van der Waals surface area contributed by atoms with Gasteiger partial charge in [0.2, 0.25) is 0 Å². The molecule has 4 aliphatic carbocycles. The largest absolute Gasteiger partial charge is 0.393 e. The van der Waals surface area contributed by atoms with Crippen LogP contribution in [0.2, 0.25) is 0 Å². The van der Waals surface area contributed by atoms with E-state index in [1.54, 1.807) is 5.57 Å². The highest BCUT2D eigenvalue weighted by Gasteiger charge is 2.61. The van der Waals surface area contributed by atoms with Crippen molar-refractivity contribution in [1.82, 2.24) is 4.98 Å². The number of hydrogen-bond acceptors (Lipinski definition) is 3. The van der Waals surface area contributed by atoms with Crippen LogP contribution in [0.25, 0.3) is 0 Å². The van der Waals surface area contributed by atoms with Gasteiger partial charge in [0.05, 0.1) is 11.7 Å². The van der Waals surface area contributed by atoms with E-state index in [1.165, 1.54) is 31.2 Å². The topological polar surface area (TPSA) is 53.4 Å². The van der Waals surface area contributed by atoms with E-state index in [1.807, 2.05) is 18.5 Å². The predicted octanol–water partition coefficient (Wildman–Crippen LogP) is 5.71. The van der Waals surface area contributed by atoms with E-state index in [0.29, 0.717) is 11.3 Å². The maximum atomic E-state index is 11.7. The van der Waals surface area contributed by atoms with E-state index >= 15 is 0 Å². The molecule has 1 aromatic rings. The van der Waals surface area contributed by atoms with E-state index in [2.05, 4.69) is 37.9 Å². The number of allylic oxidation sites excluding steroid dienone is 1. The molecule has 3 heteroatoms. The molecule has 0 aliphatic heterocycles. The first kappa shape index (κ1) is 21.6. The lowest BCUT2D eigenvalue weighted by atomic mass is 9.46. The Balaban J connectivity index is 1.35. The van der Waals surface area contributed by atoms with Crippen LogP contribution in [0.5, 0.6) is 0 Å². The van der Waals surface area contributed by atoms with E-state index < -0.39 is 5.60 Å². The lowest BCUT2D eigenvalue weighted by molar-refractivity contribution is -0.104. The maximum Gasteiger partial charge on any atom is 0.0656 e. The number of nitrogens with zero attached hydrogens (tertiary/aromatic N) is 1. The molecule has 0 aromatic carbocycles. The van der Waals surface area contributed by atoms with Gasteiger partial charge in [-0.1, -0.05) is 31.6 Å². The van der Waals surface area contributed by atoms with Gasteiger partial charge in [0, 0.05) is 12.4 Å². The number of aliphatic hydroxyl groups is 2. The highest BCUT2D eigenvalue weighted by atomic mass is 16.3. The van der Waals surface area contributed by atoms with Crippen LogP contribution in [-0.4, -0.2) is 26.9 Å². The Bertz CT molecular complexity index is 833. The quantitative estimate of drug-likeness (QED) is 0.610. The summed E-state index contributed by atoms with van der Waals surface area (Å²) in [6, 6.07) is 4.12. The third kappa shape index (κ3) is 3.51. The highest BCUT2D eigenvalue weighted by molar-refractivity contribution is 5.25. The average Bonchev–Trinajstić information content (AvgIpc) is 3.12. The van der Waals surface area contributed by atoms with Crippen molar-refractivity contribution in [3.05, 3.63) is 41.7 Å². The van der Waals surface area contributed by atoms with Crippen LogP contribution in [0.1, 0.15) is 84.1 Å². The number of hydrogen-bond donors (Lipinski definition) is 2. The summed E-state index contributed by atoms with van der Waals surface area (Å²) in [4.78, 5) is 4.25. The molecule has 3 fully saturated rings. The molecule has 8 atom stereocenters. The fourth-order valence-corrected chi connectivity index (χ4v) is 8.78. The smallest absolute Gasteiger partial charge is 0.0656 e. The third-order valence-electron chi connectivity index (χ3n) is 10.5. The van der Waals surface area contributed by atoms with Crippen molar-refractivity contribution in [1.29, 1.82) is 0 Å². The van der Waals surface area contributed by atoms with Crippen molar-refractivity contribution in [2.45, 2.75) is 96.7 Å². The number of rotatable bonds is 4. The molecule has 0 spiro atoms. The minimum atomic E-state index is -0.624. The number of aromatic nitrogens is 1. The minimum absolute atomic E-state index is 0.129. The zero-order chi connectivity index (χ0) is 21.9. The molecule has 0 amide bonds. The summed E-state index contributed by atoms with van der Waals surface area (Å²) < 4.78 is 0. The average molecular weight is 424 g/mol. The molecule has 1 heterocycles. The summed E-state index contributed by atoms with van der Waals surface area (Å²) in [5, 5.41) is 21.9.